The first-order valence-corrected chi connectivity index (χ1v) is 11.1. The molecule has 2 fully saturated rings. The fourth-order valence-corrected chi connectivity index (χ4v) is 4.62. The topological polar surface area (TPSA) is 49.9 Å². The van der Waals surface area contributed by atoms with Crippen molar-refractivity contribution in [2.75, 3.05) is 32.8 Å². The van der Waals surface area contributed by atoms with Gasteiger partial charge in [0.2, 0.25) is 5.91 Å². The van der Waals surface area contributed by atoms with Gasteiger partial charge in [-0.25, -0.2) is 4.39 Å². The minimum atomic E-state index is -1.40. The normalized spacial score (nSPS) is 23.4. The highest BCUT2D eigenvalue weighted by atomic mass is 19.1. The predicted octanol–water partition coefficient (Wildman–Crippen LogP) is 3.48. The number of rotatable bonds is 7. The molecule has 5 nitrogen and oxygen atoms in total. The van der Waals surface area contributed by atoms with Crippen LogP contribution in [0.2, 0.25) is 0 Å². The number of carbonyl (C=O) groups excluding carboxylic acids is 2. The number of ether oxygens (including phenoxy) is 1. The molecule has 0 aromatic rings. The van der Waals surface area contributed by atoms with E-state index < -0.39 is 11.8 Å². The number of unbranched alkanes of at least 4 members (excludes halogenated alkanes) is 3. The van der Waals surface area contributed by atoms with E-state index in [0.29, 0.717) is 39.2 Å². The smallest absolute Gasteiger partial charge is 0.257 e. The molecule has 2 amide bonds. The third-order valence-corrected chi connectivity index (χ3v) is 6.48. The van der Waals surface area contributed by atoms with Gasteiger partial charge in [-0.3, -0.25) is 9.59 Å². The molecule has 28 heavy (non-hydrogen) atoms. The molecule has 0 N–H and O–H groups in total. The summed E-state index contributed by atoms with van der Waals surface area (Å²) in [6.45, 7) is 4.81. The SMILES string of the molecule is CCCCCCC(F)C(=O)N1CCOC2(CCN(C(=O)C3CC=CC3)CC2)C1. The maximum absolute atomic E-state index is 14.4. The van der Waals surface area contributed by atoms with Crippen molar-refractivity contribution < 1.29 is 18.7 Å². The molecule has 1 unspecified atom stereocenters. The lowest BCUT2D eigenvalue weighted by Crippen LogP contribution is -2.59. The summed E-state index contributed by atoms with van der Waals surface area (Å²) in [5.74, 6) is -0.0476. The van der Waals surface area contributed by atoms with Crippen LogP contribution in [0.25, 0.3) is 0 Å². The molecule has 158 valence electrons. The minimum Gasteiger partial charge on any atom is -0.371 e. The van der Waals surface area contributed by atoms with Crippen molar-refractivity contribution in [3.05, 3.63) is 12.2 Å². The van der Waals surface area contributed by atoms with Crippen LogP contribution in [0, 0.1) is 5.92 Å². The molecule has 0 aromatic carbocycles. The van der Waals surface area contributed by atoms with Gasteiger partial charge in [-0.05, 0) is 32.1 Å². The standard InChI is InChI=1S/C22H35FN2O3/c1-2-3-4-5-10-19(23)21(27)25-15-16-28-22(17-25)11-13-24(14-12-22)20(26)18-8-6-7-9-18/h6-7,18-19H,2-5,8-17H2,1H3. The Hall–Kier alpha value is -1.43. The third-order valence-electron chi connectivity index (χ3n) is 6.48. The number of hydrogen-bond donors (Lipinski definition) is 0. The zero-order chi connectivity index (χ0) is 20.0. The number of likely N-dealkylation sites (tertiary alicyclic amines) is 1. The fourth-order valence-electron chi connectivity index (χ4n) is 4.62. The number of hydrogen-bond acceptors (Lipinski definition) is 3. The van der Waals surface area contributed by atoms with E-state index in [9.17, 15) is 14.0 Å². The minimum absolute atomic E-state index is 0.0967. The number of piperidine rings is 1. The Bertz CT molecular complexity index is 564. The third kappa shape index (κ3) is 5.13. The Morgan fingerprint density at radius 1 is 1.11 bits per heavy atom. The molecule has 0 radical (unpaired) electrons. The molecule has 1 spiro atoms. The number of alkyl halides is 1. The lowest BCUT2D eigenvalue weighted by molar-refractivity contribution is -0.167. The molecule has 1 atom stereocenters. The van der Waals surface area contributed by atoms with Crippen molar-refractivity contribution in [1.29, 1.82) is 0 Å². The number of halogens is 1. The Morgan fingerprint density at radius 3 is 2.50 bits per heavy atom. The van der Waals surface area contributed by atoms with Crippen molar-refractivity contribution in [2.24, 2.45) is 5.92 Å². The van der Waals surface area contributed by atoms with Crippen LogP contribution >= 0.6 is 0 Å². The fraction of sp³-hybridized carbons (Fsp3) is 0.818. The van der Waals surface area contributed by atoms with E-state index in [1.165, 1.54) is 0 Å². The van der Waals surface area contributed by atoms with Crippen molar-refractivity contribution in [3.8, 4) is 0 Å². The highest BCUT2D eigenvalue weighted by Gasteiger charge is 2.43. The largest absolute Gasteiger partial charge is 0.371 e. The number of nitrogens with zero attached hydrogens (tertiary/aromatic N) is 2. The van der Waals surface area contributed by atoms with Crippen LogP contribution in [-0.2, 0) is 14.3 Å². The first kappa shape index (κ1) is 21.3. The van der Waals surface area contributed by atoms with Crippen molar-refractivity contribution in [3.63, 3.8) is 0 Å². The second-order valence-electron chi connectivity index (χ2n) is 8.57. The zero-order valence-electron chi connectivity index (χ0n) is 17.2. The van der Waals surface area contributed by atoms with E-state index >= 15 is 0 Å². The van der Waals surface area contributed by atoms with Gasteiger partial charge in [0.25, 0.3) is 5.91 Å². The maximum Gasteiger partial charge on any atom is 0.257 e. The molecule has 2 saturated heterocycles. The number of morpholine rings is 1. The van der Waals surface area contributed by atoms with Crippen LogP contribution < -0.4 is 0 Å². The van der Waals surface area contributed by atoms with Crippen LogP contribution in [0.1, 0.15) is 64.7 Å². The Balaban J connectivity index is 1.47. The summed E-state index contributed by atoms with van der Waals surface area (Å²) in [4.78, 5) is 28.8. The number of carbonyl (C=O) groups is 2. The molecule has 0 aromatic heterocycles. The van der Waals surface area contributed by atoms with Crippen LogP contribution in [0.4, 0.5) is 4.39 Å². The Kier molecular flexibility index (Phi) is 7.49. The maximum atomic E-state index is 14.4. The van der Waals surface area contributed by atoms with E-state index in [1.54, 1.807) is 4.90 Å². The van der Waals surface area contributed by atoms with Gasteiger partial charge in [-0.15, -0.1) is 0 Å². The summed E-state index contributed by atoms with van der Waals surface area (Å²) in [6.07, 6.45) is 10.2. The van der Waals surface area contributed by atoms with Crippen molar-refractivity contribution in [2.45, 2.75) is 76.5 Å². The van der Waals surface area contributed by atoms with E-state index in [-0.39, 0.29) is 17.7 Å². The molecule has 3 aliphatic rings. The van der Waals surface area contributed by atoms with Gasteiger partial charge in [0, 0.05) is 32.1 Å². The van der Waals surface area contributed by atoms with Crippen LogP contribution in [0.5, 0.6) is 0 Å². The van der Waals surface area contributed by atoms with Gasteiger partial charge in [-0.2, -0.15) is 0 Å². The Labute approximate surface area is 168 Å². The van der Waals surface area contributed by atoms with Gasteiger partial charge >= 0.3 is 0 Å². The summed E-state index contributed by atoms with van der Waals surface area (Å²) >= 11 is 0. The van der Waals surface area contributed by atoms with Crippen LogP contribution in [0.15, 0.2) is 12.2 Å². The molecule has 2 heterocycles. The molecule has 0 bridgehead atoms. The summed E-state index contributed by atoms with van der Waals surface area (Å²) in [5, 5.41) is 0. The quantitative estimate of drug-likeness (QED) is 0.491. The summed E-state index contributed by atoms with van der Waals surface area (Å²) in [6, 6.07) is 0. The van der Waals surface area contributed by atoms with E-state index in [1.807, 2.05) is 4.90 Å². The monoisotopic (exact) mass is 394 g/mol. The first-order valence-electron chi connectivity index (χ1n) is 11.1. The lowest BCUT2D eigenvalue weighted by atomic mass is 9.88. The van der Waals surface area contributed by atoms with Crippen LogP contribution in [0.3, 0.4) is 0 Å². The molecule has 6 heteroatoms. The molecule has 0 saturated carbocycles. The molecular weight excluding hydrogens is 359 g/mol. The van der Waals surface area contributed by atoms with Gasteiger partial charge in [0.15, 0.2) is 6.17 Å². The molecule has 2 aliphatic heterocycles. The second kappa shape index (κ2) is 9.86. The van der Waals surface area contributed by atoms with Gasteiger partial charge in [0.05, 0.1) is 12.2 Å². The predicted molar refractivity (Wildman–Crippen MR) is 107 cm³/mol. The average Bonchev–Trinajstić information content (AvgIpc) is 3.25. The van der Waals surface area contributed by atoms with E-state index in [2.05, 4.69) is 19.1 Å². The lowest BCUT2D eigenvalue weighted by Gasteiger charge is -2.47. The van der Waals surface area contributed by atoms with Crippen molar-refractivity contribution in [1.82, 2.24) is 9.80 Å². The van der Waals surface area contributed by atoms with Gasteiger partial charge in [0.1, 0.15) is 0 Å². The first-order chi connectivity index (χ1) is 13.5. The second-order valence-corrected chi connectivity index (χ2v) is 8.57. The van der Waals surface area contributed by atoms with Crippen LogP contribution in [-0.4, -0.2) is 66.2 Å². The summed E-state index contributed by atoms with van der Waals surface area (Å²) < 4.78 is 20.5. The summed E-state index contributed by atoms with van der Waals surface area (Å²) in [7, 11) is 0. The zero-order valence-corrected chi connectivity index (χ0v) is 17.2. The number of allylic oxidation sites excluding steroid dienone is 2. The highest BCUT2D eigenvalue weighted by Crippen LogP contribution is 2.32. The van der Waals surface area contributed by atoms with Gasteiger partial charge in [-0.1, -0.05) is 44.8 Å². The Morgan fingerprint density at radius 2 is 1.82 bits per heavy atom. The number of amides is 2. The average molecular weight is 395 g/mol. The molecule has 1 aliphatic carbocycles. The van der Waals surface area contributed by atoms with E-state index in [0.717, 1.165) is 51.4 Å². The van der Waals surface area contributed by atoms with Gasteiger partial charge < -0.3 is 14.5 Å². The summed E-state index contributed by atoms with van der Waals surface area (Å²) in [5.41, 5.74) is -0.416. The van der Waals surface area contributed by atoms with E-state index in [4.69, 9.17) is 4.74 Å². The molecule has 3 rings (SSSR count). The molecular formula is C22H35FN2O3. The highest BCUT2D eigenvalue weighted by molar-refractivity contribution is 5.81. The van der Waals surface area contributed by atoms with Crippen molar-refractivity contribution >= 4 is 11.8 Å².